The molecule has 0 aromatic heterocycles. The maximum Gasteiger partial charge on any atom is 0.237 e. The molecule has 1 amide bonds. The minimum Gasteiger partial charge on any atom is -0.368 e. The van der Waals surface area contributed by atoms with Crippen LogP contribution in [-0.2, 0) is 4.79 Å². The van der Waals surface area contributed by atoms with E-state index in [1.165, 1.54) is 0 Å². The second-order valence-electron chi connectivity index (χ2n) is 5.55. The molecule has 5 nitrogen and oxygen atoms in total. The van der Waals surface area contributed by atoms with Gasteiger partial charge in [-0.25, -0.2) is 0 Å². The van der Waals surface area contributed by atoms with Gasteiger partial charge in [0.05, 0.1) is 5.54 Å². The van der Waals surface area contributed by atoms with Gasteiger partial charge < -0.3 is 20.9 Å². The number of piperazine rings is 1. The SMILES string of the molecule is CNC(C)(CCCCN1CCN(C)CC1)C(N)=O. The van der Waals surface area contributed by atoms with E-state index in [1.54, 1.807) is 7.05 Å². The average molecular weight is 256 g/mol. The third kappa shape index (κ3) is 4.55. The molecule has 106 valence electrons. The number of nitrogens with two attached hydrogens (primary N) is 1. The van der Waals surface area contributed by atoms with Crippen LogP contribution in [0.4, 0.5) is 0 Å². The lowest BCUT2D eigenvalue weighted by Crippen LogP contribution is -2.51. The third-order valence-electron chi connectivity index (χ3n) is 4.09. The molecule has 0 saturated carbocycles. The van der Waals surface area contributed by atoms with Gasteiger partial charge in [0.25, 0.3) is 0 Å². The molecule has 1 aliphatic heterocycles. The first-order chi connectivity index (χ1) is 8.48. The Bertz CT molecular complexity index is 264. The van der Waals surface area contributed by atoms with Crippen molar-refractivity contribution < 1.29 is 4.79 Å². The van der Waals surface area contributed by atoms with E-state index in [0.717, 1.165) is 52.0 Å². The first kappa shape index (κ1) is 15.4. The van der Waals surface area contributed by atoms with Crippen molar-refractivity contribution >= 4 is 5.91 Å². The van der Waals surface area contributed by atoms with E-state index in [2.05, 4.69) is 22.2 Å². The summed E-state index contributed by atoms with van der Waals surface area (Å²) in [7, 11) is 3.97. The first-order valence-electron chi connectivity index (χ1n) is 6.87. The summed E-state index contributed by atoms with van der Waals surface area (Å²) in [6, 6.07) is 0. The van der Waals surface area contributed by atoms with Crippen LogP contribution >= 0.6 is 0 Å². The highest BCUT2D eigenvalue weighted by Crippen LogP contribution is 2.13. The fraction of sp³-hybridized carbons (Fsp3) is 0.923. The van der Waals surface area contributed by atoms with E-state index in [4.69, 9.17) is 5.73 Å². The second-order valence-corrected chi connectivity index (χ2v) is 5.55. The Morgan fingerprint density at radius 3 is 2.39 bits per heavy atom. The fourth-order valence-electron chi connectivity index (χ4n) is 2.26. The zero-order chi connectivity index (χ0) is 13.6. The number of carbonyl (C=O) groups is 1. The number of hydrogen-bond acceptors (Lipinski definition) is 4. The Labute approximate surface area is 111 Å². The zero-order valence-electron chi connectivity index (χ0n) is 12.0. The van der Waals surface area contributed by atoms with Crippen molar-refractivity contribution in [3.8, 4) is 0 Å². The van der Waals surface area contributed by atoms with Crippen LogP contribution in [0, 0.1) is 0 Å². The molecule has 18 heavy (non-hydrogen) atoms. The summed E-state index contributed by atoms with van der Waals surface area (Å²) in [4.78, 5) is 16.2. The lowest BCUT2D eigenvalue weighted by atomic mass is 9.94. The predicted octanol–water partition coefficient (Wildman–Crippen LogP) is -0.132. The molecule has 1 aliphatic rings. The molecular weight excluding hydrogens is 228 g/mol. The van der Waals surface area contributed by atoms with E-state index in [1.807, 2.05) is 6.92 Å². The maximum absolute atomic E-state index is 11.3. The van der Waals surface area contributed by atoms with Crippen LogP contribution in [0.3, 0.4) is 0 Å². The highest BCUT2D eigenvalue weighted by Gasteiger charge is 2.28. The lowest BCUT2D eigenvalue weighted by Gasteiger charge is -2.32. The molecule has 0 aliphatic carbocycles. The topological polar surface area (TPSA) is 61.6 Å². The Kier molecular flexibility index (Phi) is 6.05. The van der Waals surface area contributed by atoms with Crippen LogP contribution < -0.4 is 11.1 Å². The van der Waals surface area contributed by atoms with E-state index in [9.17, 15) is 4.79 Å². The number of nitrogens with one attached hydrogen (secondary N) is 1. The van der Waals surface area contributed by atoms with Crippen molar-refractivity contribution in [1.82, 2.24) is 15.1 Å². The monoisotopic (exact) mass is 256 g/mol. The Morgan fingerprint density at radius 1 is 1.28 bits per heavy atom. The lowest BCUT2D eigenvalue weighted by molar-refractivity contribution is -0.123. The summed E-state index contributed by atoms with van der Waals surface area (Å²) in [6.45, 7) is 7.66. The number of rotatable bonds is 7. The summed E-state index contributed by atoms with van der Waals surface area (Å²) in [6.07, 6.45) is 2.98. The van der Waals surface area contributed by atoms with Gasteiger partial charge in [-0.1, -0.05) is 0 Å². The Morgan fingerprint density at radius 2 is 1.89 bits per heavy atom. The molecule has 5 heteroatoms. The van der Waals surface area contributed by atoms with Gasteiger partial charge in [-0.05, 0) is 46.8 Å². The second kappa shape index (κ2) is 7.07. The summed E-state index contributed by atoms with van der Waals surface area (Å²) in [5, 5.41) is 3.03. The minimum absolute atomic E-state index is 0.260. The predicted molar refractivity (Wildman–Crippen MR) is 74.4 cm³/mol. The Balaban J connectivity index is 2.16. The van der Waals surface area contributed by atoms with Crippen LogP contribution in [0.5, 0.6) is 0 Å². The van der Waals surface area contributed by atoms with Crippen molar-refractivity contribution in [2.45, 2.75) is 31.7 Å². The molecule has 3 N–H and O–H groups in total. The van der Waals surface area contributed by atoms with Gasteiger partial charge in [0.15, 0.2) is 0 Å². The number of unbranched alkanes of at least 4 members (excludes halogenated alkanes) is 1. The standard InChI is InChI=1S/C13H28N4O/c1-13(15-2,12(14)18)6-4-5-7-17-10-8-16(3)9-11-17/h15H,4-11H2,1-3H3,(H2,14,18). The summed E-state index contributed by atoms with van der Waals surface area (Å²) >= 11 is 0. The first-order valence-corrected chi connectivity index (χ1v) is 6.87. The fourth-order valence-corrected chi connectivity index (χ4v) is 2.26. The third-order valence-corrected chi connectivity index (χ3v) is 4.09. The normalized spacial score (nSPS) is 21.7. The van der Waals surface area contributed by atoms with Gasteiger partial charge in [-0.2, -0.15) is 0 Å². The van der Waals surface area contributed by atoms with Gasteiger partial charge in [0.2, 0.25) is 5.91 Å². The number of likely N-dealkylation sites (N-methyl/N-ethyl adjacent to an activating group) is 2. The molecule has 1 atom stereocenters. The van der Waals surface area contributed by atoms with E-state index < -0.39 is 5.54 Å². The van der Waals surface area contributed by atoms with Gasteiger partial charge in [-0.15, -0.1) is 0 Å². The molecular formula is C13H28N4O. The van der Waals surface area contributed by atoms with Gasteiger partial charge in [-0.3, -0.25) is 4.79 Å². The highest BCUT2D eigenvalue weighted by atomic mass is 16.1. The van der Waals surface area contributed by atoms with Crippen LogP contribution in [0.2, 0.25) is 0 Å². The Hall–Kier alpha value is -0.650. The number of primary amides is 1. The van der Waals surface area contributed by atoms with Crippen LogP contribution in [0.15, 0.2) is 0 Å². The van der Waals surface area contributed by atoms with Crippen molar-refractivity contribution in [2.75, 3.05) is 46.8 Å². The van der Waals surface area contributed by atoms with Gasteiger partial charge in [0, 0.05) is 26.2 Å². The van der Waals surface area contributed by atoms with Crippen molar-refractivity contribution in [3.05, 3.63) is 0 Å². The number of carbonyl (C=O) groups excluding carboxylic acids is 1. The minimum atomic E-state index is -0.553. The van der Waals surface area contributed by atoms with Gasteiger partial charge >= 0.3 is 0 Å². The molecule has 1 unspecified atom stereocenters. The largest absolute Gasteiger partial charge is 0.368 e. The number of nitrogens with zero attached hydrogens (tertiary/aromatic N) is 2. The molecule has 0 aromatic rings. The molecule has 1 saturated heterocycles. The van der Waals surface area contributed by atoms with Crippen molar-refractivity contribution in [3.63, 3.8) is 0 Å². The zero-order valence-corrected chi connectivity index (χ0v) is 12.0. The molecule has 1 heterocycles. The molecule has 1 rings (SSSR count). The molecule has 0 aromatic carbocycles. The summed E-state index contributed by atoms with van der Waals surface area (Å²) in [5.74, 6) is -0.260. The van der Waals surface area contributed by atoms with E-state index in [-0.39, 0.29) is 5.91 Å². The maximum atomic E-state index is 11.3. The number of hydrogen-bond donors (Lipinski definition) is 2. The van der Waals surface area contributed by atoms with Gasteiger partial charge in [0.1, 0.15) is 0 Å². The van der Waals surface area contributed by atoms with Crippen LogP contribution in [0.25, 0.3) is 0 Å². The van der Waals surface area contributed by atoms with Crippen molar-refractivity contribution in [2.24, 2.45) is 5.73 Å². The van der Waals surface area contributed by atoms with Crippen molar-refractivity contribution in [1.29, 1.82) is 0 Å². The quantitative estimate of drug-likeness (QED) is 0.623. The van der Waals surface area contributed by atoms with Crippen LogP contribution in [0.1, 0.15) is 26.2 Å². The molecule has 0 radical (unpaired) electrons. The van der Waals surface area contributed by atoms with E-state index >= 15 is 0 Å². The average Bonchev–Trinajstić information content (AvgIpc) is 2.36. The summed E-state index contributed by atoms with van der Waals surface area (Å²) < 4.78 is 0. The van der Waals surface area contributed by atoms with Crippen LogP contribution in [-0.4, -0.2) is 68.1 Å². The highest BCUT2D eigenvalue weighted by molar-refractivity contribution is 5.84. The summed E-state index contributed by atoms with van der Waals surface area (Å²) in [5.41, 5.74) is 4.85. The molecule has 1 fully saturated rings. The number of amides is 1. The molecule has 0 spiro atoms. The van der Waals surface area contributed by atoms with E-state index in [0.29, 0.717) is 0 Å². The molecule has 0 bridgehead atoms. The smallest absolute Gasteiger partial charge is 0.237 e.